The molecule has 1 N–H and O–H groups in total. The van der Waals surface area contributed by atoms with E-state index < -0.39 is 6.29 Å². The summed E-state index contributed by atoms with van der Waals surface area (Å²) in [5, 5.41) is 0. The number of nitrogens with one attached hydrogen (secondary N) is 1. The maximum absolute atomic E-state index is 12.0. The molecule has 0 radical (unpaired) electrons. The lowest BCUT2D eigenvalue weighted by atomic mass is 10.0. The molecule has 1 rings (SSSR count). The predicted molar refractivity (Wildman–Crippen MR) is 108 cm³/mol. The van der Waals surface area contributed by atoms with Crippen molar-refractivity contribution in [2.24, 2.45) is 5.92 Å². The minimum absolute atomic E-state index is 0.158. The summed E-state index contributed by atoms with van der Waals surface area (Å²) < 4.78 is 5.40. The molecule has 1 aromatic carbocycles. The summed E-state index contributed by atoms with van der Waals surface area (Å²) in [7, 11) is 0. The molecule has 28 heavy (non-hydrogen) atoms. The van der Waals surface area contributed by atoms with Gasteiger partial charge in [0.15, 0.2) is 6.29 Å². The molecule has 6 heteroatoms. The zero-order chi connectivity index (χ0) is 20.8. The van der Waals surface area contributed by atoms with Crippen molar-refractivity contribution >= 4 is 18.0 Å². The number of aldehydes is 1. The summed E-state index contributed by atoms with van der Waals surface area (Å²) in [4.78, 5) is 39.5. The molecule has 0 aliphatic rings. The second kappa shape index (κ2) is 14.0. The van der Waals surface area contributed by atoms with Crippen LogP contribution in [0, 0.1) is 5.92 Å². The fourth-order valence-corrected chi connectivity index (χ4v) is 2.55. The third kappa shape index (κ3) is 11.6. The van der Waals surface area contributed by atoms with Crippen molar-refractivity contribution in [2.75, 3.05) is 6.61 Å². The Morgan fingerprint density at radius 3 is 2.25 bits per heavy atom. The number of hydrogen-bond acceptors (Lipinski definition) is 5. The maximum Gasteiger partial charge on any atom is 0.243 e. The van der Waals surface area contributed by atoms with Gasteiger partial charge in [-0.3, -0.25) is 14.4 Å². The number of ketones is 1. The second-order valence-corrected chi connectivity index (χ2v) is 7.43. The van der Waals surface area contributed by atoms with Gasteiger partial charge in [-0.25, -0.2) is 10.3 Å². The Morgan fingerprint density at radius 1 is 1.00 bits per heavy atom. The second-order valence-electron chi connectivity index (χ2n) is 7.43. The number of benzene rings is 1. The quantitative estimate of drug-likeness (QED) is 0.211. The van der Waals surface area contributed by atoms with E-state index in [9.17, 15) is 14.4 Å². The Labute approximate surface area is 167 Å². The Kier molecular flexibility index (Phi) is 12.0. The Morgan fingerprint density at radius 2 is 1.64 bits per heavy atom. The van der Waals surface area contributed by atoms with E-state index in [0.717, 1.165) is 37.5 Å². The lowest BCUT2D eigenvalue weighted by Gasteiger charge is -2.15. The van der Waals surface area contributed by atoms with E-state index in [2.05, 4.69) is 5.48 Å². The average molecular weight is 392 g/mol. The molecule has 0 saturated heterocycles. The number of carbonyl (C=O) groups is 3. The lowest BCUT2D eigenvalue weighted by Crippen LogP contribution is -2.30. The summed E-state index contributed by atoms with van der Waals surface area (Å²) >= 11 is 0. The highest BCUT2D eigenvalue weighted by Gasteiger charge is 2.08. The van der Waals surface area contributed by atoms with Crippen LogP contribution in [0.15, 0.2) is 24.3 Å². The van der Waals surface area contributed by atoms with Gasteiger partial charge in [-0.15, -0.1) is 0 Å². The average Bonchev–Trinajstić information content (AvgIpc) is 2.68. The normalized spacial score (nSPS) is 12.0. The van der Waals surface area contributed by atoms with Crippen molar-refractivity contribution in [2.45, 2.75) is 72.0 Å². The fraction of sp³-hybridized carbons (Fsp3) is 0.591. The number of carbonyl (C=O) groups excluding carboxylic acids is 3. The van der Waals surface area contributed by atoms with Crippen LogP contribution in [-0.2, 0) is 25.6 Å². The van der Waals surface area contributed by atoms with Gasteiger partial charge in [-0.05, 0) is 31.2 Å². The number of hydrogen-bond donors (Lipinski definition) is 1. The van der Waals surface area contributed by atoms with Crippen LogP contribution in [0.2, 0.25) is 0 Å². The Hall–Kier alpha value is -2.05. The van der Waals surface area contributed by atoms with Crippen molar-refractivity contribution in [1.82, 2.24) is 5.48 Å². The molecular formula is C22H33NO5. The highest BCUT2D eigenvalue weighted by atomic mass is 16.8. The Bertz CT molecular complexity index is 597. The summed E-state index contributed by atoms with van der Waals surface area (Å²) in [5.41, 5.74) is 3.95. The molecular weight excluding hydrogens is 358 g/mol. The third-order valence-corrected chi connectivity index (χ3v) is 4.13. The molecule has 0 bridgehead atoms. The highest BCUT2D eigenvalue weighted by Crippen LogP contribution is 2.09. The highest BCUT2D eigenvalue weighted by molar-refractivity contribution is 5.81. The number of rotatable bonds is 15. The summed E-state index contributed by atoms with van der Waals surface area (Å²) in [5.74, 6) is 0.451. The van der Waals surface area contributed by atoms with Crippen LogP contribution in [0.3, 0.4) is 0 Å². The van der Waals surface area contributed by atoms with Crippen LogP contribution in [0.1, 0.15) is 75.2 Å². The maximum atomic E-state index is 12.0. The standard InChI is InChI=1S/C22H33NO5/c1-17(2)16-27-18(3)28-23-22(26)9-7-5-4-6-8-21(25)14-19-10-12-20(15-24)13-11-19/h10-13,15,17-18H,4-9,14,16H2,1-3H3,(H,23,26). The molecule has 0 aliphatic heterocycles. The number of Topliss-reactive ketones (excluding diaryl/α,β-unsaturated/α-hetero) is 1. The molecule has 0 fully saturated rings. The summed E-state index contributed by atoms with van der Waals surface area (Å²) in [6.07, 6.45) is 5.05. The molecule has 0 heterocycles. The molecule has 1 atom stereocenters. The fourth-order valence-electron chi connectivity index (χ4n) is 2.55. The summed E-state index contributed by atoms with van der Waals surface area (Å²) in [6.45, 7) is 6.42. The van der Waals surface area contributed by atoms with E-state index >= 15 is 0 Å². The first-order chi connectivity index (χ1) is 13.4. The van der Waals surface area contributed by atoms with Crippen molar-refractivity contribution in [3.63, 3.8) is 0 Å². The third-order valence-electron chi connectivity index (χ3n) is 4.13. The zero-order valence-corrected chi connectivity index (χ0v) is 17.2. The largest absolute Gasteiger partial charge is 0.350 e. The number of amides is 1. The molecule has 0 spiro atoms. The van der Waals surface area contributed by atoms with Crippen LogP contribution < -0.4 is 5.48 Å². The van der Waals surface area contributed by atoms with E-state index in [4.69, 9.17) is 9.57 Å². The smallest absolute Gasteiger partial charge is 0.243 e. The molecule has 0 saturated carbocycles. The number of hydroxylamine groups is 1. The first kappa shape index (κ1) is 24.0. The van der Waals surface area contributed by atoms with Crippen molar-refractivity contribution in [1.29, 1.82) is 0 Å². The van der Waals surface area contributed by atoms with E-state index in [-0.39, 0.29) is 11.7 Å². The monoisotopic (exact) mass is 391 g/mol. The van der Waals surface area contributed by atoms with Crippen LogP contribution in [0.5, 0.6) is 0 Å². The van der Waals surface area contributed by atoms with Crippen molar-refractivity contribution in [3.8, 4) is 0 Å². The zero-order valence-electron chi connectivity index (χ0n) is 17.2. The molecule has 1 unspecified atom stereocenters. The number of unbranched alkanes of at least 4 members (excludes halogenated alkanes) is 3. The van der Waals surface area contributed by atoms with E-state index in [1.54, 1.807) is 19.1 Å². The van der Waals surface area contributed by atoms with Crippen molar-refractivity contribution in [3.05, 3.63) is 35.4 Å². The van der Waals surface area contributed by atoms with Gasteiger partial charge in [-0.1, -0.05) is 51.0 Å². The molecule has 156 valence electrons. The van der Waals surface area contributed by atoms with E-state index in [1.165, 1.54) is 0 Å². The molecule has 1 aromatic rings. The van der Waals surface area contributed by atoms with Gasteiger partial charge in [-0.2, -0.15) is 0 Å². The first-order valence-electron chi connectivity index (χ1n) is 10.0. The van der Waals surface area contributed by atoms with Gasteiger partial charge in [0, 0.05) is 24.8 Å². The lowest BCUT2D eigenvalue weighted by molar-refractivity contribution is -0.183. The minimum Gasteiger partial charge on any atom is -0.350 e. The van der Waals surface area contributed by atoms with E-state index in [0.29, 0.717) is 37.4 Å². The van der Waals surface area contributed by atoms with Gasteiger partial charge in [0.1, 0.15) is 12.1 Å². The SMILES string of the molecule is CC(C)COC(C)ONC(=O)CCCCCCC(=O)Cc1ccc(C=O)cc1. The van der Waals surface area contributed by atoms with Gasteiger partial charge in [0.25, 0.3) is 0 Å². The Balaban J connectivity index is 2.03. The molecule has 1 amide bonds. The van der Waals surface area contributed by atoms with Gasteiger partial charge >= 0.3 is 0 Å². The van der Waals surface area contributed by atoms with Gasteiger partial charge < -0.3 is 4.74 Å². The molecule has 0 aromatic heterocycles. The van der Waals surface area contributed by atoms with Crippen LogP contribution in [-0.4, -0.2) is 30.9 Å². The van der Waals surface area contributed by atoms with E-state index in [1.807, 2.05) is 26.0 Å². The van der Waals surface area contributed by atoms with Gasteiger partial charge in [0.05, 0.1) is 6.61 Å². The topological polar surface area (TPSA) is 81.7 Å². The first-order valence-corrected chi connectivity index (χ1v) is 10.0. The van der Waals surface area contributed by atoms with Crippen LogP contribution in [0.4, 0.5) is 0 Å². The van der Waals surface area contributed by atoms with Crippen LogP contribution >= 0.6 is 0 Å². The molecule has 6 nitrogen and oxygen atoms in total. The van der Waals surface area contributed by atoms with Crippen molar-refractivity contribution < 1.29 is 24.0 Å². The van der Waals surface area contributed by atoms with Crippen LogP contribution in [0.25, 0.3) is 0 Å². The minimum atomic E-state index is -0.466. The molecule has 0 aliphatic carbocycles. The number of ether oxygens (including phenoxy) is 1. The predicted octanol–water partition coefficient (Wildman–Crippen LogP) is 4.02. The van der Waals surface area contributed by atoms with Gasteiger partial charge in [0.2, 0.25) is 5.91 Å². The summed E-state index contributed by atoms with van der Waals surface area (Å²) in [6, 6.07) is 7.08.